The Kier molecular flexibility index (Phi) is 4.03. The van der Waals surface area contributed by atoms with Crippen LogP contribution in [0.2, 0.25) is 0 Å². The Morgan fingerprint density at radius 2 is 2.04 bits per heavy atom. The molecule has 2 atom stereocenters. The number of aryl methyl sites for hydroxylation is 1. The second kappa shape index (κ2) is 6.25. The van der Waals surface area contributed by atoms with Crippen LogP contribution in [0.15, 0.2) is 41.8 Å². The van der Waals surface area contributed by atoms with E-state index >= 15 is 0 Å². The van der Waals surface area contributed by atoms with Crippen molar-refractivity contribution in [3.63, 3.8) is 0 Å². The summed E-state index contributed by atoms with van der Waals surface area (Å²) in [5.74, 6) is -0.726. The van der Waals surface area contributed by atoms with Crippen LogP contribution in [0.5, 0.6) is 0 Å². The van der Waals surface area contributed by atoms with E-state index in [-0.39, 0.29) is 5.91 Å². The number of benzene rings is 1. The van der Waals surface area contributed by atoms with Gasteiger partial charge in [0.05, 0.1) is 0 Å². The molecule has 1 fully saturated rings. The summed E-state index contributed by atoms with van der Waals surface area (Å²) < 4.78 is 0. The molecular formula is C19H19N3O3S. The molecule has 26 heavy (non-hydrogen) atoms. The molecular weight excluding hydrogens is 350 g/mol. The minimum Gasteiger partial charge on any atom is -0.324 e. The summed E-state index contributed by atoms with van der Waals surface area (Å²) in [5.41, 5.74) is 0.487. The number of imide groups is 1. The molecule has 2 N–H and O–H groups in total. The first kappa shape index (κ1) is 16.8. The zero-order valence-corrected chi connectivity index (χ0v) is 15.1. The van der Waals surface area contributed by atoms with Crippen molar-refractivity contribution >= 4 is 34.9 Å². The van der Waals surface area contributed by atoms with E-state index in [0.29, 0.717) is 12.1 Å². The number of nitrogens with one attached hydrogen (secondary N) is 2. The van der Waals surface area contributed by atoms with Gasteiger partial charge in [-0.2, -0.15) is 0 Å². The standard InChI is InChI=1S/C19H19N3O3S/c1-12(16(23)20-13-6-3-2-4-7-13)22-17(24)19(21-18(22)25)10-5-8-15-14(19)9-11-26-15/h2-4,6-7,9,11-12H,5,8,10H2,1H3,(H,20,23)(H,21,25)/t12-,19-/m1/s1. The maximum Gasteiger partial charge on any atom is 0.326 e. The van der Waals surface area contributed by atoms with E-state index in [0.717, 1.165) is 28.2 Å². The molecule has 2 aromatic rings. The molecule has 2 heterocycles. The lowest BCUT2D eigenvalue weighted by atomic mass is 9.80. The molecule has 0 radical (unpaired) electrons. The number of hydrogen-bond donors (Lipinski definition) is 2. The molecule has 1 spiro atoms. The van der Waals surface area contributed by atoms with Gasteiger partial charge >= 0.3 is 6.03 Å². The van der Waals surface area contributed by atoms with Crippen LogP contribution >= 0.6 is 11.3 Å². The average Bonchev–Trinajstić information content (AvgIpc) is 3.20. The number of urea groups is 1. The van der Waals surface area contributed by atoms with Crippen molar-refractivity contribution < 1.29 is 14.4 Å². The molecule has 1 saturated heterocycles. The zero-order chi connectivity index (χ0) is 18.3. The van der Waals surface area contributed by atoms with Gasteiger partial charge in [0.15, 0.2) is 0 Å². The lowest BCUT2D eigenvalue weighted by Crippen LogP contribution is -2.49. The molecule has 7 heteroatoms. The summed E-state index contributed by atoms with van der Waals surface area (Å²) in [6.07, 6.45) is 2.31. The Morgan fingerprint density at radius 3 is 2.81 bits per heavy atom. The normalized spacial score (nSPS) is 22.9. The number of anilines is 1. The van der Waals surface area contributed by atoms with Gasteiger partial charge in [-0.25, -0.2) is 9.69 Å². The zero-order valence-electron chi connectivity index (χ0n) is 14.3. The summed E-state index contributed by atoms with van der Waals surface area (Å²) in [4.78, 5) is 40.6. The SMILES string of the molecule is C[C@H](C(=O)Nc1ccccc1)N1C(=O)N[C@@]2(CCCc3sccc32)C1=O. The maximum atomic E-state index is 13.2. The van der Waals surface area contributed by atoms with Gasteiger partial charge < -0.3 is 10.6 Å². The van der Waals surface area contributed by atoms with Crippen LogP contribution in [0.1, 0.15) is 30.2 Å². The lowest BCUT2D eigenvalue weighted by molar-refractivity contribution is -0.137. The Morgan fingerprint density at radius 1 is 1.27 bits per heavy atom. The Hall–Kier alpha value is -2.67. The third-order valence-electron chi connectivity index (χ3n) is 5.09. The summed E-state index contributed by atoms with van der Waals surface area (Å²) in [6.45, 7) is 1.58. The first-order valence-electron chi connectivity index (χ1n) is 8.61. The monoisotopic (exact) mass is 369 g/mol. The summed E-state index contributed by atoms with van der Waals surface area (Å²) in [6, 6.07) is 9.49. The van der Waals surface area contributed by atoms with Gasteiger partial charge in [0, 0.05) is 16.1 Å². The topological polar surface area (TPSA) is 78.5 Å². The van der Waals surface area contributed by atoms with Gasteiger partial charge in [-0.15, -0.1) is 11.3 Å². The largest absolute Gasteiger partial charge is 0.326 e. The molecule has 0 saturated carbocycles. The number of amides is 4. The Balaban J connectivity index is 1.60. The molecule has 2 aliphatic rings. The number of hydrogen-bond acceptors (Lipinski definition) is 4. The predicted octanol–water partition coefficient (Wildman–Crippen LogP) is 2.86. The predicted molar refractivity (Wildman–Crippen MR) is 98.8 cm³/mol. The lowest BCUT2D eigenvalue weighted by Gasteiger charge is -2.31. The van der Waals surface area contributed by atoms with Crippen molar-refractivity contribution in [1.29, 1.82) is 0 Å². The van der Waals surface area contributed by atoms with Crippen molar-refractivity contribution in [1.82, 2.24) is 10.2 Å². The quantitative estimate of drug-likeness (QED) is 0.817. The van der Waals surface area contributed by atoms with Crippen LogP contribution in [0.4, 0.5) is 10.5 Å². The molecule has 4 amide bonds. The third kappa shape index (κ3) is 2.50. The minimum atomic E-state index is -1.02. The minimum absolute atomic E-state index is 0.336. The highest BCUT2D eigenvalue weighted by atomic mass is 32.1. The molecule has 0 bridgehead atoms. The van der Waals surface area contributed by atoms with Gasteiger partial charge in [0.25, 0.3) is 5.91 Å². The second-order valence-electron chi connectivity index (χ2n) is 6.65. The summed E-state index contributed by atoms with van der Waals surface area (Å²) in [5, 5.41) is 7.58. The summed E-state index contributed by atoms with van der Waals surface area (Å²) >= 11 is 1.61. The first-order valence-corrected chi connectivity index (χ1v) is 9.49. The first-order chi connectivity index (χ1) is 12.5. The molecule has 0 unspecified atom stereocenters. The van der Waals surface area contributed by atoms with E-state index in [1.54, 1.807) is 30.4 Å². The van der Waals surface area contributed by atoms with Gasteiger partial charge in [-0.3, -0.25) is 9.59 Å². The highest BCUT2D eigenvalue weighted by Crippen LogP contribution is 2.42. The number of nitrogens with zero attached hydrogens (tertiary/aromatic N) is 1. The number of fused-ring (bicyclic) bond motifs is 2. The van der Waals surface area contributed by atoms with E-state index in [4.69, 9.17) is 0 Å². The van der Waals surface area contributed by atoms with Gasteiger partial charge in [0.1, 0.15) is 11.6 Å². The highest BCUT2D eigenvalue weighted by Gasteiger charge is 2.56. The Labute approximate surface area is 155 Å². The number of para-hydroxylation sites is 1. The van der Waals surface area contributed by atoms with E-state index in [2.05, 4.69) is 10.6 Å². The maximum absolute atomic E-state index is 13.2. The molecule has 1 aromatic carbocycles. The van der Waals surface area contributed by atoms with E-state index in [1.165, 1.54) is 0 Å². The average molecular weight is 369 g/mol. The van der Waals surface area contributed by atoms with Crippen LogP contribution in [-0.4, -0.2) is 28.8 Å². The van der Waals surface area contributed by atoms with Crippen LogP contribution in [-0.2, 0) is 21.5 Å². The Bertz CT molecular complexity index is 879. The van der Waals surface area contributed by atoms with Crippen LogP contribution < -0.4 is 10.6 Å². The van der Waals surface area contributed by atoms with Gasteiger partial charge in [-0.1, -0.05) is 18.2 Å². The number of rotatable bonds is 3. The molecule has 6 nitrogen and oxygen atoms in total. The number of carbonyl (C=O) groups excluding carboxylic acids is 3. The van der Waals surface area contributed by atoms with Crippen molar-refractivity contribution in [3.8, 4) is 0 Å². The van der Waals surface area contributed by atoms with Crippen molar-refractivity contribution in [2.45, 2.75) is 37.8 Å². The number of carbonyl (C=O) groups is 3. The number of thiophene rings is 1. The van der Waals surface area contributed by atoms with E-state index in [1.807, 2.05) is 29.6 Å². The molecule has 1 aliphatic heterocycles. The van der Waals surface area contributed by atoms with E-state index < -0.39 is 23.5 Å². The van der Waals surface area contributed by atoms with Crippen LogP contribution in [0, 0.1) is 0 Å². The molecule has 4 rings (SSSR count). The van der Waals surface area contributed by atoms with Crippen molar-refractivity contribution in [2.75, 3.05) is 5.32 Å². The van der Waals surface area contributed by atoms with Gasteiger partial charge in [-0.05, 0) is 49.8 Å². The fourth-order valence-corrected chi connectivity index (χ4v) is 4.75. The molecule has 1 aromatic heterocycles. The highest BCUT2D eigenvalue weighted by molar-refractivity contribution is 7.10. The van der Waals surface area contributed by atoms with Crippen LogP contribution in [0.25, 0.3) is 0 Å². The smallest absolute Gasteiger partial charge is 0.324 e. The second-order valence-corrected chi connectivity index (χ2v) is 7.65. The van der Waals surface area contributed by atoms with Crippen molar-refractivity contribution in [3.05, 3.63) is 52.2 Å². The van der Waals surface area contributed by atoms with Gasteiger partial charge in [0.2, 0.25) is 5.91 Å². The van der Waals surface area contributed by atoms with Crippen molar-refractivity contribution in [2.24, 2.45) is 0 Å². The fraction of sp³-hybridized carbons (Fsp3) is 0.316. The fourth-order valence-electron chi connectivity index (χ4n) is 3.75. The van der Waals surface area contributed by atoms with E-state index in [9.17, 15) is 14.4 Å². The van der Waals surface area contributed by atoms with Crippen LogP contribution in [0.3, 0.4) is 0 Å². The third-order valence-corrected chi connectivity index (χ3v) is 6.07. The summed E-state index contributed by atoms with van der Waals surface area (Å²) in [7, 11) is 0. The molecule has 1 aliphatic carbocycles. The molecule has 134 valence electrons.